The minimum absolute atomic E-state index is 0.232. The van der Waals surface area contributed by atoms with E-state index in [4.69, 9.17) is 0 Å². The molecule has 0 spiro atoms. The van der Waals surface area contributed by atoms with Crippen LogP contribution in [0.5, 0.6) is 0 Å². The molecule has 0 bridgehead atoms. The van der Waals surface area contributed by atoms with Crippen molar-refractivity contribution in [1.82, 2.24) is 9.97 Å². The van der Waals surface area contributed by atoms with Crippen LogP contribution >= 0.6 is 11.3 Å². The minimum Gasteiger partial charge on any atom is -0.396 e. The number of aromatic nitrogens is 2. The van der Waals surface area contributed by atoms with Crippen molar-refractivity contribution in [1.29, 1.82) is 0 Å². The van der Waals surface area contributed by atoms with Crippen molar-refractivity contribution in [2.45, 2.75) is 0 Å². The van der Waals surface area contributed by atoms with Gasteiger partial charge in [-0.1, -0.05) is 12.1 Å². The second-order valence-electron chi connectivity index (χ2n) is 6.61. The SMILES string of the molecule is OCC1C2CN(c3ncnc4scc(-c5ccc(F)cc5)c34)CC12. The number of piperidine rings is 1. The van der Waals surface area contributed by atoms with E-state index in [1.165, 1.54) is 12.1 Å². The van der Waals surface area contributed by atoms with Crippen LogP contribution in [0, 0.1) is 23.6 Å². The van der Waals surface area contributed by atoms with Crippen molar-refractivity contribution in [3.05, 3.63) is 41.8 Å². The monoisotopic (exact) mass is 341 g/mol. The second kappa shape index (κ2) is 5.22. The van der Waals surface area contributed by atoms with Crippen molar-refractivity contribution in [2.24, 2.45) is 17.8 Å². The Morgan fingerprint density at radius 2 is 1.92 bits per heavy atom. The molecule has 24 heavy (non-hydrogen) atoms. The molecule has 0 radical (unpaired) electrons. The molecular formula is C18H16FN3OS. The zero-order valence-corrected chi connectivity index (χ0v) is 13.7. The Hall–Kier alpha value is -2.05. The molecule has 1 saturated heterocycles. The summed E-state index contributed by atoms with van der Waals surface area (Å²) in [6, 6.07) is 6.58. The van der Waals surface area contributed by atoms with Crippen molar-refractivity contribution in [3.8, 4) is 11.1 Å². The van der Waals surface area contributed by atoms with Crippen LogP contribution in [0.2, 0.25) is 0 Å². The Morgan fingerprint density at radius 1 is 1.17 bits per heavy atom. The molecular weight excluding hydrogens is 325 g/mol. The highest BCUT2D eigenvalue weighted by Gasteiger charge is 2.55. The summed E-state index contributed by atoms with van der Waals surface area (Å²) < 4.78 is 13.2. The third-order valence-corrected chi connectivity index (χ3v) is 6.27. The van der Waals surface area contributed by atoms with Crippen molar-refractivity contribution in [2.75, 3.05) is 24.6 Å². The Balaban J connectivity index is 1.57. The maximum atomic E-state index is 13.2. The van der Waals surface area contributed by atoms with E-state index in [-0.39, 0.29) is 5.82 Å². The predicted octanol–water partition coefficient (Wildman–Crippen LogP) is 3.17. The summed E-state index contributed by atoms with van der Waals surface area (Å²) >= 11 is 1.59. The van der Waals surface area contributed by atoms with Gasteiger partial charge < -0.3 is 10.0 Å². The third-order valence-electron chi connectivity index (χ3n) is 5.39. The van der Waals surface area contributed by atoms with E-state index in [1.54, 1.807) is 29.8 Å². The van der Waals surface area contributed by atoms with Gasteiger partial charge in [-0.25, -0.2) is 14.4 Å². The second-order valence-corrected chi connectivity index (χ2v) is 7.47. The lowest BCUT2D eigenvalue weighted by molar-refractivity contribution is 0.260. The maximum Gasteiger partial charge on any atom is 0.141 e. The van der Waals surface area contributed by atoms with Gasteiger partial charge in [-0.15, -0.1) is 11.3 Å². The van der Waals surface area contributed by atoms with E-state index < -0.39 is 0 Å². The average Bonchev–Trinajstić information content (AvgIpc) is 2.96. The highest BCUT2D eigenvalue weighted by molar-refractivity contribution is 7.17. The lowest BCUT2D eigenvalue weighted by atomic mass is 10.1. The van der Waals surface area contributed by atoms with Crippen LogP contribution in [0.25, 0.3) is 21.3 Å². The summed E-state index contributed by atoms with van der Waals surface area (Å²) in [6.07, 6.45) is 1.62. The Labute approximate surface area is 142 Å². The summed E-state index contributed by atoms with van der Waals surface area (Å²) in [5, 5.41) is 12.5. The normalized spacial score (nSPS) is 25.2. The van der Waals surface area contributed by atoms with Crippen LogP contribution in [0.15, 0.2) is 36.0 Å². The van der Waals surface area contributed by atoms with E-state index in [0.717, 1.165) is 40.3 Å². The summed E-state index contributed by atoms with van der Waals surface area (Å²) in [4.78, 5) is 12.2. The fourth-order valence-corrected chi connectivity index (χ4v) is 4.94. The van der Waals surface area contributed by atoms with E-state index >= 15 is 0 Å². The zero-order chi connectivity index (χ0) is 16.3. The van der Waals surface area contributed by atoms with Crippen molar-refractivity contribution >= 4 is 27.4 Å². The van der Waals surface area contributed by atoms with Crippen LogP contribution in [0.3, 0.4) is 0 Å². The molecule has 1 saturated carbocycles. The number of thiophene rings is 1. The molecule has 4 nitrogen and oxygen atoms in total. The summed E-state index contributed by atoms with van der Waals surface area (Å²) in [5.41, 5.74) is 2.04. The molecule has 1 aromatic carbocycles. The standard InChI is InChI=1S/C18H16FN3OS/c19-11-3-1-10(2-4-11)15-8-24-18-16(15)17(20-9-21-18)22-5-12-13(6-22)14(12)7-23/h1-4,8-9,12-14,23H,5-7H2. The quantitative estimate of drug-likeness (QED) is 0.795. The summed E-state index contributed by atoms with van der Waals surface area (Å²) in [7, 11) is 0. The lowest BCUT2D eigenvalue weighted by Gasteiger charge is -2.21. The average molecular weight is 341 g/mol. The van der Waals surface area contributed by atoms with Crippen LogP contribution in [0.4, 0.5) is 10.2 Å². The van der Waals surface area contributed by atoms with Crippen LogP contribution in [-0.2, 0) is 0 Å². The first-order valence-electron chi connectivity index (χ1n) is 8.10. The first kappa shape index (κ1) is 14.3. The van der Waals surface area contributed by atoms with Gasteiger partial charge in [0.2, 0.25) is 0 Å². The Kier molecular flexibility index (Phi) is 3.11. The van der Waals surface area contributed by atoms with Crippen molar-refractivity contribution < 1.29 is 9.50 Å². The number of rotatable bonds is 3. The molecule has 5 rings (SSSR count). The van der Waals surface area contributed by atoms with E-state index in [9.17, 15) is 9.50 Å². The molecule has 1 aliphatic heterocycles. The molecule has 1 N–H and O–H groups in total. The molecule has 2 unspecified atom stereocenters. The zero-order valence-electron chi connectivity index (χ0n) is 12.9. The Bertz CT molecular complexity index is 898. The Morgan fingerprint density at radius 3 is 2.62 bits per heavy atom. The predicted molar refractivity (Wildman–Crippen MR) is 92.6 cm³/mol. The van der Waals surface area contributed by atoms with Gasteiger partial charge in [0.25, 0.3) is 0 Å². The minimum atomic E-state index is -0.232. The fourth-order valence-electron chi connectivity index (χ4n) is 4.03. The summed E-state index contributed by atoms with van der Waals surface area (Å²) in [5.74, 6) is 2.38. The van der Waals surface area contributed by atoms with E-state index in [0.29, 0.717) is 24.4 Å². The van der Waals surface area contributed by atoms with Gasteiger partial charge in [-0.3, -0.25) is 0 Å². The van der Waals surface area contributed by atoms with Crippen molar-refractivity contribution in [3.63, 3.8) is 0 Å². The number of halogens is 1. The van der Waals surface area contributed by atoms with Gasteiger partial charge in [0, 0.05) is 30.6 Å². The van der Waals surface area contributed by atoms with E-state index in [1.807, 2.05) is 0 Å². The smallest absolute Gasteiger partial charge is 0.141 e. The van der Waals surface area contributed by atoms with Crippen LogP contribution in [-0.4, -0.2) is 34.8 Å². The van der Waals surface area contributed by atoms with Crippen LogP contribution < -0.4 is 4.90 Å². The number of aliphatic hydroxyl groups is 1. The van der Waals surface area contributed by atoms with Gasteiger partial charge in [-0.05, 0) is 35.4 Å². The molecule has 3 heterocycles. The largest absolute Gasteiger partial charge is 0.396 e. The first-order valence-corrected chi connectivity index (χ1v) is 8.98. The number of aliphatic hydroxyl groups excluding tert-OH is 1. The summed E-state index contributed by atoms with van der Waals surface area (Å²) in [6.45, 7) is 2.18. The molecule has 1 aliphatic carbocycles. The fraction of sp³-hybridized carbons (Fsp3) is 0.333. The highest BCUT2D eigenvalue weighted by Crippen LogP contribution is 2.53. The number of hydrogen-bond donors (Lipinski definition) is 1. The third kappa shape index (κ3) is 2.06. The van der Waals surface area contributed by atoms with Gasteiger partial charge in [0.05, 0.1) is 5.39 Å². The molecule has 2 aromatic heterocycles. The molecule has 2 atom stereocenters. The number of anilines is 1. The molecule has 6 heteroatoms. The van der Waals surface area contributed by atoms with Gasteiger partial charge in [0.15, 0.2) is 0 Å². The molecule has 122 valence electrons. The number of benzene rings is 1. The van der Waals surface area contributed by atoms with Gasteiger partial charge in [0.1, 0.15) is 22.8 Å². The number of nitrogens with zero attached hydrogens (tertiary/aromatic N) is 3. The lowest BCUT2D eigenvalue weighted by Crippen LogP contribution is -2.25. The molecule has 2 fully saturated rings. The first-order chi connectivity index (χ1) is 11.8. The molecule has 2 aliphatic rings. The number of hydrogen-bond acceptors (Lipinski definition) is 5. The molecule has 0 amide bonds. The number of fused-ring (bicyclic) bond motifs is 2. The molecule has 3 aromatic rings. The van der Waals surface area contributed by atoms with Crippen LogP contribution in [0.1, 0.15) is 0 Å². The maximum absolute atomic E-state index is 13.2. The van der Waals surface area contributed by atoms with E-state index in [2.05, 4.69) is 20.2 Å². The van der Waals surface area contributed by atoms with Gasteiger partial charge >= 0.3 is 0 Å². The van der Waals surface area contributed by atoms with Gasteiger partial charge in [-0.2, -0.15) is 0 Å². The highest BCUT2D eigenvalue weighted by atomic mass is 32.1. The topological polar surface area (TPSA) is 49.2 Å².